The highest BCUT2D eigenvalue weighted by Gasteiger charge is 2.19. The van der Waals surface area contributed by atoms with Crippen LogP contribution in [0.2, 0.25) is 0 Å². The number of rotatable bonds is 68. The second-order valence-electron chi connectivity index (χ2n) is 24.9. The fourth-order valence-corrected chi connectivity index (χ4v) is 11.2. The van der Waals surface area contributed by atoms with Gasteiger partial charge in [-0.15, -0.1) is 0 Å². The van der Waals surface area contributed by atoms with Crippen molar-refractivity contribution in [3.05, 3.63) is 24.3 Å². The van der Waals surface area contributed by atoms with Crippen LogP contribution in [0.4, 0.5) is 0 Å². The SMILES string of the molecule is CCCCCCC/C=C\C/C=C\CCCCCCCCCCCCCCCCCCCCCCCC(=O)OCC(COC(=O)CCCCCCC)OC(=O)CCCCCCCCCCCCCCCCCCCCCCCCCC. The van der Waals surface area contributed by atoms with Crippen LogP contribution in [0, 0.1) is 0 Å². The number of esters is 3. The molecule has 0 bridgehead atoms. The third-order valence-electron chi connectivity index (χ3n) is 16.7. The molecule has 472 valence electrons. The zero-order valence-electron chi connectivity index (χ0n) is 54.4. The number of hydrogen-bond acceptors (Lipinski definition) is 6. The van der Waals surface area contributed by atoms with E-state index < -0.39 is 6.10 Å². The van der Waals surface area contributed by atoms with Gasteiger partial charge in [-0.2, -0.15) is 0 Å². The highest BCUT2D eigenvalue weighted by atomic mass is 16.6. The lowest BCUT2D eigenvalue weighted by Crippen LogP contribution is -2.30. The quantitative estimate of drug-likeness (QED) is 0.0261. The molecule has 6 heteroatoms. The Hall–Kier alpha value is -2.11. The molecule has 1 atom stereocenters. The van der Waals surface area contributed by atoms with Crippen molar-refractivity contribution >= 4 is 17.9 Å². The lowest BCUT2D eigenvalue weighted by Gasteiger charge is -2.18. The van der Waals surface area contributed by atoms with Gasteiger partial charge in [-0.05, 0) is 51.4 Å². The Morgan fingerprint density at radius 2 is 0.450 bits per heavy atom. The maximum atomic E-state index is 12.9. The summed E-state index contributed by atoms with van der Waals surface area (Å²) in [5.74, 6) is -0.848. The molecule has 0 aromatic rings. The number of ether oxygens (including phenoxy) is 3. The molecule has 0 aromatic carbocycles. The molecule has 0 aromatic heterocycles. The van der Waals surface area contributed by atoms with Gasteiger partial charge >= 0.3 is 17.9 Å². The van der Waals surface area contributed by atoms with E-state index in [0.29, 0.717) is 19.3 Å². The summed E-state index contributed by atoms with van der Waals surface area (Å²) in [6.07, 6.45) is 85.7. The zero-order valence-corrected chi connectivity index (χ0v) is 54.4. The van der Waals surface area contributed by atoms with Gasteiger partial charge in [0.15, 0.2) is 6.10 Å². The van der Waals surface area contributed by atoms with Crippen molar-refractivity contribution in [3.8, 4) is 0 Å². The maximum Gasteiger partial charge on any atom is 0.306 e. The van der Waals surface area contributed by atoms with Crippen molar-refractivity contribution in [2.24, 2.45) is 0 Å². The number of unbranched alkanes of at least 4 members (excludes halogenated alkanes) is 53. The minimum atomic E-state index is -0.763. The maximum absolute atomic E-state index is 12.9. The smallest absolute Gasteiger partial charge is 0.306 e. The summed E-state index contributed by atoms with van der Waals surface area (Å²) in [4.78, 5) is 38.0. The van der Waals surface area contributed by atoms with E-state index in [1.165, 1.54) is 302 Å². The Labute approximate surface area is 500 Å². The van der Waals surface area contributed by atoms with Gasteiger partial charge in [0.2, 0.25) is 0 Å². The Bertz CT molecular complexity index is 1290. The molecule has 1 unspecified atom stereocenters. The van der Waals surface area contributed by atoms with Crippen molar-refractivity contribution in [2.75, 3.05) is 13.2 Å². The fraction of sp³-hybridized carbons (Fsp3) is 0.905. The normalized spacial score (nSPS) is 12.1. The van der Waals surface area contributed by atoms with E-state index in [-0.39, 0.29) is 31.1 Å². The van der Waals surface area contributed by atoms with Crippen LogP contribution in [0.15, 0.2) is 24.3 Å². The van der Waals surface area contributed by atoms with Crippen LogP contribution in [0.25, 0.3) is 0 Å². The first-order valence-electron chi connectivity index (χ1n) is 36.3. The molecular weight excluding hydrogens is 985 g/mol. The number of carbonyl (C=O) groups excluding carboxylic acids is 3. The van der Waals surface area contributed by atoms with Crippen molar-refractivity contribution in [3.63, 3.8) is 0 Å². The summed E-state index contributed by atoms with van der Waals surface area (Å²) >= 11 is 0. The van der Waals surface area contributed by atoms with Crippen molar-refractivity contribution in [1.29, 1.82) is 0 Å². The first-order valence-corrected chi connectivity index (χ1v) is 36.3. The summed E-state index contributed by atoms with van der Waals surface area (Å²) in [5.41, 5.74) is 0. The minimum Gasteiger partial charge on any atom is -0.462 e. The van der Waals surface area contributed by atoms with Gasteiger partial charge in [0.05, 0.1) is 0 Å². The Morgan fingerprint density at radius 3 is 0.688 bits per heavy atom. The molecular formula is C74H140O6. The van der Waals surface area contributed by atoms with Gasteiger partial charge in [-0.25, -0.2) is 0 Å². The van der Waals surface area contributed by atoms with Gasteiger partial charge in [-0.3, -0.25) is 14.4 Å². The molecule has 0 radical (unpaired) electrons. The average Bonchev–Trinajstić information content (AvgIpc) is 3.46. The van der Waals surface area contributed by atoms with Crippen LogP contribution in [0.1, 0.15) is 412 Å². The Balaban J connectivity index is 3.88. The van der Waals surface area contributed by atoms with Gasteiger partial charge in [0.1, 0.15) is 13.2 Å². The summed E-state index contributed by atoms with van der Waals surface area (Å²) in [6, 6.07) is 0. The average molecular weight is 1130 g/mol. The van der Waals surface area contributed by atoms with E-state index in [0.717, 1.165) is 70.6 Å². The molecule has 0 aliphatic carbocycles. The van der Waals surface area contributed by atoms with Gasteiger partial charge in [0.25, 0.3) is 0 Å². The number of allylic oxidation sites excluding steroid dienone is 4. The highest BCUT2D eigenvalue weighted by molar-refractivity contribution is 5.71. The summed E-state index contributed by atoms with van der Waals surface area (Å²) in [6.45, 7) is 6.63. The summed E-state index contributed by atoms with van der Waals surface area (Å²) in [5, 5.41) is 0. The summed E-state index contributed by atoms with van der Waals surface area (Å²) < 4.78 is 16.8. The monoisotopic (exact) mass is 1130 g/mol. The van der Waals surface area contributed by atoms with E-state index in [9.17, 15) is 14.4 Å². The van der Waals surface area contributed by atoms with Crippen molar-refractivity contribution in [1.82, 2.24) is 0 Å². The molecule has 0 N–H and O–H groups in total. The molecule has 0 saturated carbocycles. The molecule has 0 fully saturated rings. The van der Waals surface area contributed by atoms with E-state index in [1.807, 2.05) is 0 Å². The topological polar surface area (TPSA) is 78.9 Å². The van der Waals surface area contributed by atoms with Gasteiger partial charge in [0, 0.05) is 19.3 Å². The Kier molecular flexibility index (Phi) is 67.6. The molecule has 0 amide bonds. The molecule has 0 aliphatic heterocycles. The molecule has 0 spiro atoms. The number of hydrogen-bond donors (Lipinski definition) is 0. The molecule has 6 nitrogen and oxygen atoms in total. The van der Waals surface area contributed by atoms with Gasteiger partial charge < -0.3 is 14.2 Å². The standard InChI is InChI=1S/C74H140O6/c1-4-7-10-13-15-17-19-21-23-25-27-29-31-33-34-35-36-37-38-39-40-41-43-44-46-48-50-52-54-56-58-61-64-67-73(76)79-70-71(69-78-72(75)66-63-60-12-9-6-3)80-74(77)68-65-62-59-57-55-53-51-49-47-45-42-32-30-28-26-24-22-20-18-16-14-11-8-5-2/h19,21,25,27,71H,4-18,20,22-24,26,28-70H2,1-3H3/b21-19-,27-25-. The Morgan fingerprint density at radius 1 is 0.250 bits per heavy atom. The lowest BCUT2D eigenvalue weighted by atomic mass is 10.0. The summed E-state index contributed by atoms with van der Waals surface area (Å²) in [7, 11) is 0. The predicted molar refractivity (Wildman–Crippen MR) is 349 cm³/mol. The van der Waals surface area contributed by atoms with Crippen LogP contribution in [0.5, 0.6) is 0 Å². The van der Waals surface area contributed by atoms with Crippen molar-refractivity contribution in [2.45, 2.75) is 419 Å². The number of carbonyl (C=O) groups is 3. The molecule has 0 aliphatic rings. The lowest BCUT2D eigenvalue weighted by molar-refractivity contribution is -0.167. The molecule has 0 heterocycles. The predicted octanol–water partition coefficient (Wildman–Crippen LogP) is 25.0. The van der Waals surface area contributed by atoms with E-state index >= 15 is 0 Å². The molecule has 0 saturated heterocycles. The van der Waals surface area contributed by atoms with Crippen molar-refractivity contribution < 1.29 is 28.6 Å². The largest absolute Gasteiger partial charge is 0.462 e. The van der Waals surface area contributed by atoms with Crippen LogP contribution >= 0.6 is 0 Å². The van der Waals surface area contributed by atoms with Crippen LogP contribution in [-0.4, -0.2) is 37.2 Å². The van der Waals surface area contributed by atoms with E-state index in [2.05, 4.69) is 45.1 Å². The van der Waals surface area contributed by atoms with Crippen LogP contribution in [-0.2, 0) is 28.6 Å². The highest BCUT2D eigenvalue weighted by Crippen LogP contribution is 2.19. The fourth-order valence-electron chi connectivity index (χ4n) is 11.2. The van der Waals surface area contributed by atoms with Crippen LogP contribution in [0.3, 0.4) is 0 Å². The van der Waals surface area contributed by atoms with Gasteiger partial charge in [-0.1, -0.05) is 366 Å². The second-order valence-corrected chi connectivity index (χ2v) is 24.9. The second kappa shape index (κ2) is 69.4. The molecule has 0 rings (SSSR count). The zero-order chi connectivity index (χ0) is 57.8. The van der Waals surface area contributed by atoms with Crippen LogP contribution < -0.4 is 0 Å². The third-order valence-corrected chi connectivity index (χ3v) is 16.7. The van der Waals surface area contributed by atoms with E-state index in [4.69, 9.17) is 14.2 Å². The third kappa shape index (κ3) is 66.7. The molecule has 80 heavy (non-hydrogen) atoms. The first kappa shape index (κ1) is 77.9. The van der Waals surface area contributed by atoms with E-state index in [1.54, 1.807) is 0 Å². The first-order chi connectivity index (χ1) is 39.5. The minimum absolute atomic E-state index is 0.0645.